The fraction of sp³-hybridized carbons (Fsp3) is 0.273. The zero-order chi connectivity index (χ0) is 11.5. The van der Waals surface area contributed by atoms with Crippen molar-refractivity contribution in [3.8, 4) is 0 Å². The maximum atomic E-state index is 11.7. The van der Waals surface area contributed by atoms with Crippen LogP contribution in [0.1, 0.15) is 28.9 Å². The van der Waals surface area contributed by atoms with E-state index in [2.05, 4.69) is 20.3 Å². The fourth-order valence-electron chi connectivity index (χ4n) is 1.44. The van der Waals surface area contributed by atoms with Gasteiger partial charge in [-0.25, -0.2) is 4.98 Å². The summed E-state index contributed by atoms with van der Waals surface area (Å²) in [5, 5.41) is 2.76. The lowest BCUT2D eigenvalue weighted by Gasteiger charge is -1.98. The first-order valence-electron chi connectivity index (χ1n) is 5.19. The molecular formula is C11H14N4O. The lowest BCUT2D eigenvalue weighted by atomic mass is 10.3. The Morgan fingerprint density at radius 3 is 2.94 bits per heavy atom. The van der Waals surface area contributed by atoms with Crippen LogP contribution >= 0.6 is 0 Å². The summed E-state index contributed by atoms with van der Waals surface area (Å²) in [6.07, 6.45) is 4.31. The zero-order valence-corrected chi connectivity index (χ0v) is 9.29. The first kappa shape index (κ1) is 10.5. The number of amides is 1. The summed E-state index contributed by atoms with van der Waals surface area (Å²) in [7, 11) is 0. The van der Waals surface area contributed by atoms with E-state index in [1.54, 1.807) is 12.4 Å². The smallest absolute Gasteiger partial charge is 0.291 e. The number of carbonyl (C=O) groups excluding carboxylic acids is 1. The number of aromatic amines is 2. The summed E-state index contributed by atoms with van der Waals surface area (Å²) in [6, 6.07) is 1.91. The third-order valence-corrected chi connectivity index (χ3v) is 2.30. The highest BCUT2D eigenvalue weighted by atomic mass is 16.2. The standard InChI is InChI=1S/C11H14N4O/c1-3-8-4-9(6-12-8)15-11(16)10-13-5-7(2)14-10/h4-6,12H,3H2,1-2H3,(H,13,14)(H,15,16). The summed E-state index contributed by atoms with van der Waals surface area (Å²) in [4.78, 5) is 21.6. The molecular weight excluding hydrogens is 204 g/mol. The van der Waals surface area contributed by atoms with Gasteiger partial charge in [-0.2, -0.15) is 0 Å². The Hall–Kier alpha value is -2.04. The monoisotopic (exact) mass is 218 g/mol. The molecule has 16 heavy (non-hydrogen) atoms. The van der Waals surface area contributed by atoms with Crippen molar-refractivity contribution in [2.45, 2.75) is 20.3 Å². The van der Waals surface area contributed by atoms with Gasteiger partial charge in [0.05, 0.1) is 5.69 Å². The van der Waals surface area contributed by atoms with E-state index in [0.29, 0.717) is 5.82 Å². The molecule has 2 heterocycles. The van der Waals surface area contributed by atoms with E-state index < -0.39 is 0 Å². The average molecular weight is 218 g/mol. The first-order chi connectivity index (χ1) is 7.69. The van der Waals surface area contributed by atoms with Crippen molar-refractivity contribution in [3.63, 3.8) is 0 Å². The minimum atomic E-state index is -0.227. The molecule has 0 aliphatic heterocycles. The molecule has 2 aromatic heterocycles. The highest BCUT2D eigenvalue weighted by Crippen LogP contribution is 2.10. The predicted octanol–water partition coefficient (Wildman–Crippen LogP) is 1.86. The van der Waals surface area contributed by atoms with Crippen LogP contribution in [-0.4, -0.2) is 20.9 Å². The number of hydrogen-bond donors (Lipinski definition) is 3. The molecule has 0 saturated heterocycles. The SMILES string of the molecule is CCc1cc(NC(=O)c2ncc(C)[nH]2)c[nH]1. The number of nitrogens with one attached hydrogen (secondary N) is 3. The molecule has 3 N–H and O–H groups in total. The van der Waals surface area contributed by atoms with Crippen LogP contribution in [0.5, 0.6) is 0 Å². The van der Waals surface area contributed by atoms with Gasteiger partial charge in [-0.1, -0.05) is 6.92 Å². The molecule has 0 fully saturated rings. The van der Waals surface area contributed by atoms with Gasteiger partial charge >= 0.3 is 0 Å². The Kier molecular flexibility index (Phi) is 2.76. The second-order valence-corrected chi connectivity index (χ2v) is 3.64. The van der Waals surface area contributed by atoms with E-state index in [9.17, 15) is 4.79 Å². The highest BCUT2D eigenvalue weighted by molar-refractivity contribution is 6.01. The molecule has 5 heteroatoms. The van der Waals surface area contributed by atoms with Crippen molar-refractivity contribution in [1.82, 2.24) is 15.0 Å². The van der Waals surface area contributed by atoms with Gasteiger partial charge in [0, 0.05) is 23.8 Å². The number of imidazole rings is 1. The van der Waals surface area contributed by atoms with Crippen molar-refractivity contribution in [3.05, 3.63) is 35.7 Å². The maximum Gasteiger partial charge on any atom is 0.291 e. The quantitative estimate of drug-likeness (QED) is 0.735. The molecule has 0 unspecified atom stereocenters. The number of aryl methyl sites for hydroxylation is 2. The number of H-pyrrole nitrogens is 2. The van der Waals surface area contributed by atoms with Crippen molar-refractivity contribution in [2.24, 2.45) is 0 Å². The van der Waals surface area contributed by atoms with E-state index in [1.807, 2.05) is 19.9 Å². The van der Waals surface area contributed by atoms with Crippen molar-refractivity contribution >= 4 is 11.6 Å². The van der Waals surface area contributed by atoms with Crippen LogP contribution in [0, 0.1) is 6.92 Å². The van der Waals surface area contributed by atoms with Gasteiger partial charge in [0.1, 0.15) is 0 Å². The minimum absolute atomic E-state index is 0.227. The summed E-state index contributed by atoms with van der Waals surface area (Å²) in [6.45, 7) is 3.91. The molecule has 0 saturated carbocycles. The molecule has 0 aliphatic carbocycles. The Balaban J connectivity index is 2.07. The van der Waals surface area contributed by atoms with Gasteiger partial charge in [-0.05, 0) is 19.4 Å². The van der Waals surface area contributed by atoms with Gasteiger partial charge in [0.15, 0.2) is 5.82 Å². The van der Waals surface area contributed by atoms with Gasteiger partial charge in [0.25, 0.3) is 5.91 Å². The average Bonchev–Trinajstić information content (AvgIpc) is 2.87. The molecule has 0 spiro atoms. The van der Waals surface area contributed by atoms with E-state index in [0.717, 1.165) is 23.5 Å². The van der Waals surface area contributed by atoms with Gasteiger partial charge in [-0.3, -0.25) is 4.79 Å². The van der Waals surface area contributed by atoms with Crippen LogP contribution in [-0.2, 0) is 6.42 Å². The van der Waals surface area contributed by atoms with E-state index >= 15 is 0 Å². The number of anilines is 1. The lowest BCUT2D eigenvalue weighted by molar-refractivity contribution is 0.101. The van der Waals surface area contributed by atoms with Gasteiger partial charge in [-0.15, -0.1) is 0 Å². The molecule has 5 nitrogen and oxygen atoms in total. The molecule has 0 aliphatic rings. The molecule has 84 valence electrons. The topological polar surface area (TPSA) is 73.6 Å². The molecule has 0 aromatic carbocycles. The summed E-state index contributed by atoms with van der Waals surface area (Å²) < 4.78 is 0. The molecule has 2 rings (SSSR count). The Morgan fingerprint density at radius 2 is 2.38 bits per heavy atom. The number of nitrogens with zero attached hydrogens (tertiary/aromatic N) is 1. The van der Waals surface area contributed by atoms with Gasteiger partial charge < -0.3 is 15.3 Å². The molecule has 0 atom stereocenters. The molecule has 2 aromatic rings. The summed E-state index contributed by atoms with van der Waals surface area (Å²) in [5.74, 6) is 0.103. The Labute approximate surface area is 93.3 Å². The molecule has 1 amide bonds. The third kappa shape index (κ3) is 2.13. The summed E-state index contributed by atoms with van der Waals surface area (Å²) in [5.41, 5.74) is 2.72. The van der Waals surface area contributed by atoms with Crippen LogP contribution in [0.15, 0.2) is 18.5 Å². The third-order valence-electron chi connectivity index (χ3n) is 2.30. The van der Waals surface area contributed by atoms with Crippen LogP contribution in [0.25, 0.3) is 0 Å². The second-order valence-electron chi connectivity index (χ2n) is 3.64. The Morgan fingerprint density at radius 1 is 1.56 bits per heavy atom. The van der Waals surface area contributed by atoms with Crippen LogP contribution in [0.4, 0.5) is 5.69 Å². The van der Waals surface area contributed by atoms with E-state index in [1.165, 1.54) is 0 Å². The maximum absolute atomic E-state index is 11.7. The van der Waals surface area contributed by atoms with Crippen molar-refractivity contribution in [1.29, 1.82) is 0 Å². The van der Waals surface area contributed by atoms with Crippen molar-refractivity contribution < 1.29 is 4.79 Å². The number of carbonyl (C=O) groups is 1. The Bertz CT molecular complexity index is 498. The minimum Gasteiger partial charge on any atom is -0.363 e. The largest absolute Gasteiger partial charge is 0.363 e. The van der Waals surface area contributed by atoms with E-state index in [4.69, 9.17) is 0 Å². The molecule has 0 radical (unpaired) electrons. The fourth-order valence-corrected chi connectivity index (χ4v) is 1.44. The number of rotatable bonds is 3. The molecule has 0 bridgehead atoms. The predicted molar refractivity (Wildman–Crippen MR) is 61.4 cm³/mol. The zero-order valence-electron chi connectivity index (χ0n) is 9.29. The van der Waals surface area contributed by atoms with Gasteiger partial charge in [0.2, 0.25) is 0 Å². The summed E-state index contributed by atoms with van der Waals surface area (Å²) >= 11 is 0. The van der Waals surface area contributed by atoms with Crippen LogP contribution < -0.4 is 5.32 Å². The normalized spacial score (nSPS) is 10.4. The van der Waals surface area contributed by atoms with Crippen LogP contribution in [0.2, 0.25) is 0 Å². The van der Waals surface area contributed by atoms with Crippen LogP contribution in [0.3, 0.4) is 0 Å². The van der Waals surface area contributed by atoms with Crippen molar-refractivity contribution in [2.75, 3.05) is 5.32 Å². The number of hydrogen-bond acceptors (Lipinski definition) is 2. The highest BCUT2D eigenvalue weighted by Gasteiger charge is 2.09. The number of aromatic nitrogens is 3. The van der Waals surface area contributed by atoms with E-state index in [-0.39, 0.29) is 5.91 Å². The second kappa shape index (κ2) is 4.22. The lowest BCUT2D eigenvalue weighted by Crippen LogP contribution is -2.13. The first-order valence-corrected chi connectivity index (χ1v) is 5.19.